The molecule has 2 rings (SSSR count). The van der Waals surface area contributed by atoms with E-state index in [1.807, 2.05) is 54.6 Å². The Labute approximate surface area is 228 Å². The third-order valence-electron chi connectivity index (χ3n) is 6.59. The number of amides is 1. The first-order valence-electron chi connectivity index (χ1n) is 14.4. The minimum atomic E-state index is -1.07. The third kappa shape index (κ3) is 14.6. The van der Waals surface area contributed by atoms with Crippen LogP contribution in [0.4, 0.5) is 5.69 Å². The normalized spacial score (nSPS) is 11.3. The summed E-state index contributed by atoms with van der Waals surface area (Å²) in [5.74, 6) is -1.04. The molecule has 0 saturated carbocycles. The van der Waals surface area contributed by atoms with Gasteiger partial charge in [0.05, 0.1) is 5.71 Å². The summed E-state index contributed by atoms with van der Waals surface area (Å²) in [6.07, 6.45) is 17.8. The highest BCUT2D eigenvalue weighted by Crippen LogP contribution is 2.16. The maximum absolute atomic E-state index is 12.4. The molecule has 2 aromatic rings. The molecule has 6 heteroatoms. The first-order chi connectivity index (χ1) is 18.6. The topological polar surface area (TPSA) is 88.0 Å². The number of aliphatic carboxylic acids is 1. The number of hydrogen-bond donors (Lipinski definition) is 2. The van der Waals surface area contributed by atoms with Crippen molar-refractivity contribution in [2.75, 3.05) is 11.9 Å². The molecular weight excluding hydrogens is 476 g/mol. The molecule has 0 bridgehead atoms. The van der Waals surface area contributed by atoms with Crippen LogP contribution >= 0.6 is 0 Å². The van der Waals surface area contributed by atoms with Crippen molar-refractivity contribution in [2.24, 2.45) is 5.16 Å². The number of carboxylic acid groups (broad SMARTS) is 1. The van der Waals surface area contributed by atoms with E-state index in [4.69, 9.17) is 9.94 Å². The zero-order valence-electron chi connectivity index (χ0n) is 23.1. The number of nitrogens with one attached hydrogen (secondary N) is 1. The number of unbranched alkanes of at least 4 members (excludes halogenated alkanes) is 12. The lowest BCUT2D eigenvalue weighted by Crippen LogP contribution is -2.12. The van der Waals surface area contributed by atoms with E-state index in [2.05, 4.69) is 17.4 Å². The van der Waals surface area contributed by atoms with Crippen molar-refractivity contribution in [3.8, 4) is 0 Å². The van der Waals surface area contributed by atoms with E-state index >= 15 is 0 Å². The Morgan fingerprint density at radius 3 is 1.87 bits per heavy atom. The second-order valence-electron chi connectivity index (χ2n) is 9.99. The zero-order chi connectivity index (χ0) is 27.3. The van der Waals surface area contributed by atoms with Crippen LogP contribution in [-0.4, -0.2) is 29.3 Å². The van der Waals surface area contributed by atoms with Gasteiger partial charge in [-0.15, -0.1) is 0 Å². The van der Waals surface area contributed by atoms with Crippen LogP contribution in [0.15, 0.2) is 59.8 Å². The van der Waals surface area contributed by atoms with Gasteiger partial charge >= 0.3 is 5.97 Å². The van der Waals surface area contributed by atoms with Crippen molar-refractivity contribution in [3.05, 3.63) is 65.7 Å². The SMILES string of the molecule is CCCCCCCCCCCCCCCC(=O)Nc1ccc(/C(Cc2ccccc2)=N\OCC(=O)O)cc1. The summed E-state index contributed by atoms with van der Waals surface area (Å²) in [6, 6.07) is 17.2. The molecule has 2 N–H and O–H groups in total. The van der Waals surface area contributed by atoms with Crippen molar-refractivity contribution in [1.29, 1.82) is 0 Å². The summed E-state index contributed by atoms with van der Waals surface area (Å²) in [5.41, 5.74) is 3.22. The maximum atomic E-state index is 12.4. The number of oxime groups is 1. The van der Waals surface area contributed by atoms with Crippen molar-refractivity contribution >= 4 is 23.3 Å². The van der Waals surface area contributed by atoms with Gasteiger partial charge in [-0.1, -0.05) is 132 Å². The van der Waals surface area contributed by atoms with Gasteiger partial charge < -0.3 is 15.3 Å². The van der Waals surface area contributed by atoms with E-state index in [1.165, 1.54) is 70.6 Å². The van der Waals surface area contributed by atoms with Crippen molar-refractivity contribution in [2.45, 2.75) is 103 Å². The number of nitrogens with zero attached hydrogens (tertiary/aromatic N) is 1. The molecule has 0 saturated heterocycles. The predicted molar refractivity (Wildman–Crippen MR) is 156 cm³/mol. The number of anilines is 1. The number of rotatable bonds is 21. The molecule has 0 unspecified atom stereocenters. The van der Waals surface area contributed by atoms with Crippen molar-refractivity contribution in [3.63, 3.8) is 0 Å². The molecule has 0 atom stereocenters. The predicted octanol–water partition coefficient (Wildman–Crippen LogP) is 8.15. The second kappa shape index (κ2) is 19.9. The average Bonchev–Trinajstić information content (AvgIpc) is 2.91. The molecule has 1 amide bonds. The summed E-state index contributed by atoms with van der Waals surface area (Å²) >= 11 is 0. The number of hydrogen-bond acceptors (Lipinski definition) is 4. The summed E-state index contributed by atoms with van der Waals surface area (Å²) in [6.45, 7) is 1.77. The van der Waals surface area contributed by atoms with Crippen molar-refractivity contribution in [1.82, 2.24) is 0 Å². The number of carbonyl (C=O) groups is 2. The van der Waals surface area contributed by atoms with E-state index in [0.717, 1.165) is 29.7 Å². The Kier molecular flexibility index (Phi) is 16.3. The Morgan fingerprint density at radius 1 is 0.763 bits per heavy atom. The van der Waals surface area contributed by atoms with Crippen LogP contribution in [0.2, 0.25) is 0 Å². The molecule has 0 aliphatic heterocycles. The Hall–Kier alpha value is -3.15. The summed E-state index contributed by atoms with van der Waals surface area (Å²) in [4.78, 5) is 28.2. The summed E-state index contributed by atoms with van der Waals surface area (Å²) < 4.78 is 0. The third-order valence-corrected chi connectivity index (χ3v) is 6.59. The number of benzene rings is 2. The van der Waals surface area contributed by atoms with Crippen LogP contribution < -0.4 is 5.32 Å². The van der Waals surface area contributed by atoms with Gasteiger partial charge in [0, 0.05) is 18.5 Å². The highest BCUT2D eigenvalue weighted by Gasteiger charge is 2.09. The summed E-state index contributed by atoms with van der Waals surface area (Å²) in [5, 5.41) is 15.9. The van der Waals surface area contributed by atoms with Gasteiger partial charge in [-0.25, -0.2) is 4.79 Å². The minimum absolute atomic E-state index is 0.0313. The molecule has 0 heterocycles. The van der Waals surface area contributed by atoms with Crippen LogP contribution in [0.5, 0.6) is 0 Å². The van der Waals surface area contributed by atoms with Crippen LogP contribution in [0, 0.1) is 0 Å². The molecule has 0 aliphatic rings. The number of carbonyl (C=O) groups excluding carboxylic acids is 1. The van der Waals surface area contributed by atoms with E-state index in [1.54, 1.807) is 0 Å². The Morgan fingerprint density at radius 2 is 1.32 bits per heavy atom. The fraction of sp³-hybridized carbons (Fsp3) is 0.531. The average molecular weight is 523 g/mol. The van der Waals surface area contributed by atoms with Crippen LogP contribution in [-0.2, 0) is 20.8 Å². The molecule has 38 heavy (non-hydrogen) atoms. The quantitative estimate of drug-likeness (QED) is 0.0983. The molecule has 0 fully saturated rings. The van der Waals surface area contributed by atoms with Gasteiger partial charge in [0.1, 0.15) is 0 Å². The Bertz CT molecular complexity index is 942. The number of carboxylic acids is 1. The Balaban J connectivity index is 1.66. The molecule has 0 spiro atoms. The smallest absolute Gasteiger partial charge is 0.344 e. The first-order valence-corrected chi connectivity index (χ1v) is 14.4. The maximum Gasteiger partial charge on any atom is 0.344 e. The molecule has 0 radical (unpaired) electrons. The van der Waals surface area contributed by atoms with E-state index < -0.39 is 12.6 Å². The lowest BCUT2D eigenvalue weighted by Gasteiger charge is -2.09. The lowest BCUT2D eigenvalue weighted by atomic mass is 10.0. The molecular formula is C32H46N2O4. The first kappa shape index (κ1) is 31.1. The fourth-order valence-corrected chi connectivity index (χ4v) is 4.41. The lowest BCUT2D eigenvalue weighted by molar-refractivity contribution is -0.142. The molecule has 208 valence electrons. The molecule has 0 aliphatic carbocycles. The molecule has 2 aromatic carbocycles. The summed E-state index contributed by atoms with van der Waals surface area (Å²) in [7, 11) is 0. The van der Waals surface area contributed by atoms with Gasteiger partial charge in [0.2, 0.25) is 12.5 Å². The van der Waals surface area contributed by atoms with E-state index in [-0.39, 0.29) is 5.91 Å². The largest absolute Gasteiger partial charge is 0.479 e. The van der Waals surface area contributed by atoms with Gasteiger partial charge in [0.15, 0.2) is 0 Å². The minimum Gasteiger partial charge on any atom is -0.479 e. The van der Waals surface area contributed by atoms with Crippen molar-refractivity contribution < 1.29 is 19.5 Å². The van der Waals surface area contributed by atoms with Crippen LogP contribution in [0.1, 0.15) is 108 Å². The van der Waals surface area contributed by atoms with Gasteiger partial charge in [-0.3, -0.25) is 4.79 Å². The highest BCUT2D eigenvalue weighted by atomic mass is 16.6. The molecule has 6 nitrogen and oxygen atoms in total. The van der Waals surface area contributed by atoms with E-state index in [9.17, 15) is 9.59 Å². The monoisotopic (exact) mass is 522 g/mol. The van der Waals surface area contributed by atoms with Gasteiger partial charge in [-0.2, -0.15) is 0 Å². The van der Waals surface area contributed by atoms with Crippen LogP contribution in [0.25, 0.3) is 0 Å². The zero-order valence-corrected chi connectivity index (χ0v) is 23.1. The van der Waals surface area contributed by atoms with Gasteiger partial charge in [-0.05, 0) is 29.7 Å². The fourth-order valence-electron chi connectivity index (χ4n) is 4.41. The molecule has 0 aromatic heterocycles. The second-order valence-corrected chi connectivity index (χ2v) is 9.99. The standard InChI is InChI=1S/C32H46N2O4/c1-2-3-4-5-6-7-8-9-10-11-12-13-17-20-31(35)33-29-23-21-28(22-24-29)30(34-38-26-32(36)37)25-27-18-15-14-16-19-27/h14-16,18-19,21-24H,2-13,17,20,25-26H2,1H3,(H,33,35)(H,36,37)/b34-30-. The van der Waals surface area contributed by atoms with Gasteiger partial charge in [0.25, 0.3) is 0 Å². The highest BCUT2D eigenvalue weighted by molar-refractivity contribution is 6.02. The van der Waals surface area contributed by atoms with E-state index in [0.29, 0.717) is 18.6 Å². The van der Waals surface area contributed by atoms with Crippen LogP contribution in [0.3, 0.4) is 0 Å².